The van der Waals surface area contributed by atoms with Gasteiger partial charge in [-0.05, 0) is 19.3 Å². The number of rotatable bonds is 1. The van der Waals surface area contributed by atoms with Gasteiger partial charge in [-0.25, -0.2) is 9.78 Å². The van der Waals surface area contributed by atoms with Crippen LogP contribution in [0.4, 0.5) is 0 Å². The summed E-state index contributed by atoms with van der Waals surface area (Å²) >= 11 is 0. The molecule has 1 radical (unpaired) electrons. The summed E-state index contributed by atoms with van der Waals surface area (Å²) in [7, 11) is 0. The van der Waals surface area contributed by atoms with E-state index in [0.29, 0.717) is 0 Å². The van der Waals surface area contributed by atoms with E-state index in [0.717, 1.165) is 25.9 Å². The average Bonchev–Trinajstić information content (AvgIpc) is 1.90. The Morgan fingerprint density at radius 3 is 2.88 bits per heavy atom. The second kappa shape index (κ2) is 3.05. The lowest BCUT2D eigenvalue weighted by molar-refractivity contribution is -0.343. The molecule has 1 aliphatic rings. The maximum absolute atomic E-state index is 4.86. The van der Waals surface area contributed by atoms with Gasteiger partial charge in [0.15, 0.2) is 0 Å². The van der Waals surface area contributed by atoms with E-state index < -0.39 is 0 Å². The van der Waals surface area contributed by atoms with Gasteiger partial charge in [-0.1, -0.05) is 6.92 Å². The molecule has 0 aliphatic carbocycles. The zero-order valence-corrected chi connectivity index (χ0v) is 4.93. The predicted octanol–water partition coefficient (Wildman–Crippen LogP) is 1.32. The van der Waals surface area contributed by atoms with Gasteiger partial charge in [0.2, 0.25) is 0 Å². The molecule has 1 rings (SSSR count). The van der Waals surface area contributed by atoms with E-state index in [1.807, 2.05) is 0 Å². The first-order valence-corrected chi connectivity index (χ1v) is 3.01. The van der Waals surface area contributed by atoms with Gasteiger partial charge in [-0.15, -0.1) is 0 Å². The van der Waals surface area contributed by atoms with Gasteiger partial charge in [-0.2, -0.15) is 0 Å². The summed E-state index contributed by atoms with van der Waals surface area (Å²) in [5.41, 5.74) is 0. The third kappa shape index (κ3) is 1.46. The van der Waals surface area contributed by atoms with Crippen molar-refractivity contribution in [1.29, 1.82) is 0 Å². The largest absolute Gasteiger partial charge is 0.236 e. The Kier molecular flexibility index (Phi) is 2.30. The molecule has 0 bridgehead atoms. The van der Waals surface area contributed by atoms with Crippen molar-refractivity contribution in [2.75, 3.05) is 6.61 Å². The Balaban J connectivity index is 2.13. The molecule has 8 heavy (non-hydrogen) atoms. The highest BCUT2D eigenvalue weighted by molar-refractivity contribution is 4.59. The third-order valence-corrected chi connectivity index (χ3v) is 1.28. The summed E-state index contributed by atoms with van der Waals surface area (Å²) in [5.74, 6) is 0. The minimum Gasteiger partial charge on any atom is -0.236 e. The summed E-state index contributed by atoms with van der Waals surface area (Å²) in [6.45, 7) is 4.45. The van der Waals surface area contributed by atoms with Gasteiger partial charge in [0.05, 0.1) is 12.7 Å². The van der Waals surface area contributed by atoms with Crippen LogP contribution in [0.3, 0.4) is 0 Å². The molecule has 1 saturated heterocycles. The zero-order valence-electron chi connectivity index (χ0n) is 4.93. The summed E-state index contributed by atoms with van der Waals surface area (Å²) < 4.78 is 0. The normalized spacial score (nSPS) is 30.4. The Hall–Kier alpha value is -0.0800. The highest BCUT2D eigenvalue weighted by atomic mass is 17.2. The molecule has 47 valence electrons. The number of hydrogen-bond donors (Lipinski definition) is 0. The van der Waals surface area contributed by atoms with Crippen LogP contribution in [0.1, 0.15) is 19.3 Å². The Morgan fingerprint density at radius 1 is 1.62 bits per heavy atom. The molecule has 1 atom stereocenters. The number of hydrogen-bond acceptors (Lipinski definition) is 2. The second-order valence-corrected chi connectivity index (χ2v) is 1.97. The first-order chi connectivity index (χ1) is 3.93. The van der Waals surface area contributed by atoms with Gasteiger partial charge in [0, 0.05) is 0 Å². The first-order valence-electron chi connectivity index (χ1n) is 3.01. The molecule has 0 aromatic rings. The van der Waals surface area contributed by atoms with Crippen LogP contribution in [0, 0.1) is 6.92 Å². The van der Waals surface area contributed by atoms with Crippen LogP contribution in [-0.4, -0.2) is 12.7 Å². The quantitative estimate of drug-likeness (QED) is 0.480. The Morgan fingerprint density at radius 2 is 2.50 bits per heavy atom. The van der Waals surface area contributed by atoms with E-state index in [1.54, 1.807) is 0 Å². The molecular weight excluding hydrogens is 104 g/mol. The van der Waals surface area contributed by atoms with Crippen molar-refractivity contribution in [1.82, 2.24) is 0 Å². The zero-order chi connectivity index (χ0) is 5.82. The van der Waals surface area contributed by atoms with Crippen LogP contribution in [0.25, 0.3) is 0 Å². The molecule has 0 amide bonds. The van der Waals surface area contributed by atoms with E-state index in [2.05, 4.69) is 6.92 Å². The predicted molar refractivity (Wildman–Crippen MR) is 30.0 cm³/mol. The third-order valence-electron chi connectivity index (χ3n) is 1.28. The molecule has 1 aliphatic heterocycles. The monoisotopic (exact) mass is 115 g/mol. The van der Waals surface area contributed by atoms with Crippen LogP contribution in [0.2, 0.25) is 0 Å². The smallest absolute Gasteiger partial charge is 0.0930 e. The van der Waals surface area contributed by atoms with E-state index in [-0.39, 0.29) is 6.10 Å². The lowest BCUT2D eigenvalue weighted by atomic mass is 10.1. The van der Waals surface area contributed by atoms with Crippen molar-refractivity contribution in [2.24, 2.45) is 0 Å². The fourth-order valence-electron chi connectivity index (χ4n) is 0.755. The summed E-state index contributed by atoms with van der Waals surface area (Å²) in [4.78, 5) is 9.60. The molecule has 0 spiro atoms. The fraction of sp³-hybridized carbons (Fsp3) is 0.833. The van der Waals surface area contributed by atoms with Gasteiger partial charge in [-0.3, -0.25) is 0 Å². The molecule has 0 N–H and O–H groups in total. The van der Waals surface area contributed by atoms with Crippen LogP contribution in [-0.2, 0) is 9.78 Å². The van der Waals surface area contributed by atoms with E-state index in [4.69, 9.17) is 9.78 Å². The molecule has 1 fully saturated rings. The molecule has 0 aromatic heterocycles. The molecule has 0 saturated carbocycles. The Labute approximate surface area is 49.7 Å². The minimum absolute atomic E-state index is 0.253. The molecule has 0 aromatic carbocycles. The van der Waals surface area contributed by atoms with Crippen LogP contribution >= 0.6 is 0 Å². The molecule has 1 unspecified atom stereocenters. The highest BCUT2D eigenvalue weighted by Gasteiger charge is 2.11. The standard InChI is InChI=1S/C6H11O2/c1-2-6-4-3-5-7-8-6/h6H,1-5H2. The summed E-state index contributed by atoms with van der Waals surface area (Å²) in [6, 6.07) is 0. The van der Waals surface area contributed by atoms with Gasteiger partial charge in [0.25, 0.3) is 0 Å². The van der Waals surface area contributed by atoms with E-state index in [9.17, 15) is 0 Å². The van der Waals surface area contributed by atoms with Gasteiger partial charge in [0.1, 0.15) is 0 Å². The van der Waals surface area contributed by atoms with Crippen molar-refractivity contribution >= 4 is 0 Å². The van der Waals surface area contributed by atoms with Gasteiger partial charge >= 0.3 is 0 Å². The molecular formula is C6H11O2. The second-order valence-electron chi connectivity index (χ2n) is 1.97. The van der Waals surface area contributed by atoms with Crippen molar-refractivity contribution in [2.45, 2.75) is 25.4 Å². The maximum Gasteiger partial charge on any atom is 0.0930 e. The van der Waals surface area contributed by atoms with E-state index >= 15 is 0 Å². The van der Waals surface area contributed by atoms with Crippen LogP contribution in [0.15, 0.2) is 0 Å². The average molecular weight is 115 g/mol. The van der Waals surface area contributed by atoms with Crippen molar-refractivity contribution in [3.63, 3.8) is 0 Å². The summed E-state index contributed by atoms with van der Waals surface area (Å²) in [6.07, 6.45) is 3.28. The minimum atomic E-state index is 0.253. The first kappa shape index (κ1) is 6.05. The topological polar surface area (TPSA) is 18.5 Å². The van der Waals surface area contributed by atoms with Crippen molar-refractivity contribution in [3.8, 4) is 0 Å². The molecule has 2 nitrogen and oxygen atoms in total. The molecule has 1 heterocycles. The van der Waals surface area contributed by atoms with Crippen LogP contribution in [0.5, 0.6) is 0 Å². The maximum atomic E-state index is 4.86. The SMILES string of the molecule is [CH2]CC1CCCOO1. The van der Waals surface area contributed by atoms with Crippen molar-refractivity contribution < 1.29 is 9.78 Å². The van der Waals surface area contributed by atoms with E-state index in [1.165, 1.54) is 0 Å². The molecule has 2 heteroatoms. The van der Waals surface area contributed by atoms with Crippen LogP contribution < -0.4 is 0 Å². The fourth-order valence-corrected chi connectivity index (χ4v) is 0.755. The highest BCUT2D eigenvalue weighted by Crippen LogP contribution is 2.11. The van der Waals surface area contributed by atoms with Gasteiger partial charge < -0.3 is 0 Å². The summed E-state index contributed by atoms with van der Waals surface area (Å²) in [5, 5.41) is 0. The lowest BCUT2D eigenvalue weighted by Crippen LogP contribution is -2.18. The van der Waals surface area contributed by atoms with Crippen molar-refractivity contribution in [3.05, 3.63) is 6.92 Å². The lowest BCUT2D eigenvalue weighted by Gasteiger charge is -2.18. The Bertz CT molecular complexity index is 57.5.